The molecule has 0 saturated heterocycles. The number of carbonyl (C=O) groups is 1. The standard InChI is InChI=1S/C20H30N2O4S/c1-2-27-13-17(21)20(25,18(23)24)12-14-11-16(5-10-22-14)26-15-3-6-19(7-4-15)8-9-19/h5,10-11,15,17,25H,2-4,6-9,12-13,21H2,1H3,(H,23,24). The van der Waals surface area contributed by atoms with Crippen molar-refractivity contribution in [2.45, 2.75) is 69.6 Å². The minimum atomic E-state index is -2.04. The maximum atomic E-state index is 11.7. The zero-order valence-electron chi connectivity index (χ0n) is 15.9. The zero-order chi connectivity index (χ0) is 19.5. The number of aromatic nitrogens is 1. The molecule has 0 aromatic carbocycles. The van der Waals surface area contributed by atoms with Gasteiger partial charge in [-0.25, -0.2) is 4.79 Å². The number of hydrogen-bond acceptors (Lipinski definition) is 6. The summed E-state index contributed by atoms with van der Waals surface area (Å²) in [6, 6.07) is 2.65. The van der Waals surface area contributed by atoms with Crippen LogP contribution >= 0.6 is 11.8 Å². The molecule has 1 aromatic heterocycles. The fourth-order valence-corrected chi connectivity index (χ4v) is 4.61. The van der Waals surface area contributed by atoms with Gasteiger partial charge in [0.25, 0.3) is 0 Å². The Balaban J connectivity index is 1.63. The molecule has 0 bridgehead atoms. The quantitative estimate of drug-likeness (QED) is 0.591. The summed E-state index contributed by atoms with van der Waals surface area (Å²) in [5.41, 5.74) is 5.05. The predicted molar refractivity (Wildman–Crippen MR) is 106 cm³/mol. The highest BCUT2D eigenvalue weighted by molar-refractivity contribution is 7.99. The molecule has 2 aliphatic rings. The van der Waals surface area contributed by atoms with Crippen molar-refractivity contribution in [3.8, 4) is 5.75 Å². The number of aliphatic carboxylic acids is 1. The Morgan fingerprint density at radius 2 is 2.15 bits per heavy atom. The van der Waals surface area contributed by atoms with Crippen molar-refractivity contribution in [3.63, 3.8) is 0 Å². The number of thioether (sulfide) groups is 1. The van der Waals surface area contributed by atoms with E-state index in [4.69, 9.17) is 10.5 Å². The molecule has 2 saturated carbocycles. The van der Waals surface area contributed by atoms with Crippen LogP contribution in [0.3, 0.4) is 0 Å². The number of nitrogens with two attached hydrogens (primary N) is 1. The summed E-state index contributed by atoms with van der Waals surface area (Å²) in [6.07, 6.45) is 8.99. The van der Waals surface area contributed by atoms with E-state index in [0.29, 0.717) is 22.6 Å². The second-order valence-corrected chi connectivity index (χ2v) is 9.29. The Bertz CT molecular complexity index is 657. The fourth-order valence-electron chi connectivity index (χ4n) is 3.84. The molecule has 0 aliphatic heterocycles. The number of aliphatic hydroxyl groups is 1. The number of ether oxygens (including phenoxy) is 1. The Morgan fingerprint density at radius 3 is 2.74 bits per heavy atom. The molecule has 0 amide bonds. The van der Waals surface area contributed by atoms with Crippen LogP contribution in [0.25, 0.3) is 0 Å². The van der Waals surface area contributed by atoms with Gasteiger partial charge in [0.05, 0.1) is 12.1 Å². The van der Waals surface area contributed by atoms with Gasteiger partial charge < -0.3 is 20.7 Å². The molecule has 1 aromatic rings. The van der Waals surface area contributed by atoms with Gasteiger partial charge in [0.1, 0.15) is 5.75 Å². The molecule has 3 rings (SSSR count). The van der Waals surface area contributed by atoms with Gasteiger partial charge in [-0.2, -0.15) is 11.8 Å². The molecule has 2 fully saturated rings. The molecule has 2 atom stereocenters. The summed E-state index contributed by atoms with van der Waals surface area (Å²) >= 11 is 1.51. The highest BCUT2D eigenvalue weighted by atomic mass is 32.2. The first kappa shape index (κ1) is 20.4. The monoisotopic (exact) mass is 394 g/mol. The van der Waals surface area contributed by atoms with Crippen LogP contribution in [-0.4, -0.2) is 50.4 Å². The van der Waals surface area contributed by atoms with Crippen LogP contribution in [-0.2, 0) is 11.2 Å². The summed E-state index contributed by atoms with van der Waals surface area (Å²) < 4.78 is 6.11. The van der Waals surface area contributed by atoms with Gasteiger partial charge in [0.15, 0.2) is 5.60 Å². The minimum Gasteiger partial charge on any atom is -0.490 e. The first-order valence-corrected chi connectivity index (χ1v) is 10.9. The lowest BCUT2D eigenvalue weighted by atomic mass is 9.85. The fraction of sp³-hybridized carbons (Fsp3) is 0.700. The first-order valence-electron chi connectivity index (χ1n) is 9.77. The molecule has 2 aliphatic carbocycles. The Morgan fingerprint density at radius 1 is 1.44 bits per heavy atom. The largest absolute Gasteiger partial charge is 0.490 e. The average Bonchev–Trinajstić information content (AvgIpc) is 3.41. The number of carboxylic acids is 1. The van der Waals surface area contributed by atoms with Crippen molar-refractivity contribution in [2.75, 3.05) is 11.5 Å². The van der Waals surface area contributed by atoms with Crippen LogP contribution in [0.4, 0.5) is 0 Å². The lowest BCUT2D eigenvalue weighted by Crippen LogP contribution is -2.57. The normalized spacial score (nSPS) is 22.2. The Hall–Kier alpha value is -1.31. The number of carboxylic acid groups (broad SMARTS) is 1. The van der Waals surface area contributed by atoms with E-state index in [1.54, 1.807) is 18.3 Å². The number of rotatable bonds is 9. The SMILES string of the molecule is CCSCC(N)C(O)(Cc1cc(OC2CCC3(CC2)CC3)ccn1)C(=O)O. The maximum Gasteiger partial charge on any atom is 0.337 e. The van der Waals surface area contributed by atoms with Crippen LogP contribution in [0.5, 0.6) is 5.75 Å². The van der Waals surface area contributed by atoms with Crippen LogP contribution < -0.4 is 10.5 Å². The van der Waals surface area contributed by atoms with Gasteiger partial charge in [0.2, 0.25) is 0 Å². The molecular weight excluding hydrogens is 364 g/mol. The molecular formula is C20H30N2O4S. The Labute approximate surface area is 164 Å². The van der Waals surface area contributed by atoms with E-state index in [1.807, 2.05) is 6.92 Å². The van der Waals surface area contributed by atoms with E-state index < -0.39 is 17.6 Å². The topological polar surface area (TPSA) is 106 Å². The summed E-state index contributed by atoms with van der Waals surface area (Å²) in [5, 5.41) is 20.2. The lowest BCUT2D eigenvalue weighted by Gasteiger charge is -2.30. The van der Waals surface area contributed by atoms with Crippen molar-refractivity contribution < 1.29 is 19.7 Å². The van der Waals surface area contributed by atoms with Crippen LogP contribution in [0.1, 0.15) is 51.1 Å². The van der Waals surface area contributed by atoms with Crippen LogP contribution in [0, 0.1) is 5.41 Å². The van der Waals surface area contributed by atoms with Crippen LogP contribution in [0.15, 0.2) is 18.3 Å². The van der Waals surface area contributed by atoms with E-state index in [0.717, 1.165) is 18.6 Å². The molecule has 27 heavy (non-hydrogen) atoms. The number of hydrogen-bond donors (Lipinski definition) is 3. The molecule has 4 N–H and O–H groups in total. The first-order chi connectivity index (χ1) is 12.9. The molecule has 0 radical (unpaired) electrons. The predicted octanol–water partition coefficient (Wildman–Crippen LogP) is 2.62. The lowest BCUT2D eigenvalue weighted by molar-refractivity contribution is -0.160. The van der Waals surface area contributed by atoms with Gasteiger partial charge in [-0.15, -0.1) is 0 Å². The molecule has 1 spiro atoms. The zero-order valence-corrected chi connectivity index (χ0v) is 16.7. The highest BCUT2D eigenvalue weighted by Gasteiger charge is 2.45. The molecule has 150 valence electrons. The maximum absolute atomic E-state index is 11.7. The number of pyridine rings is 1. The van der Waals surface area contributed by atoms with Gasteiger partial charge >= 0.3 is 5.97 Å². The van der Waals surface area contributed by atoms with Gasteiger partial charge in [-0.3, -0.25) is 4.98 Å². The minimum absolute atomic E-state index is 0.140. The highest BCUT2D eigenvalue weighted by Crippen LogP contribution is 2.56. The molecule has 1 heterocycles. The average molecular weight is 395 g/mol. The van der Waals surface area contributed by atoms with E-state index in [9.17, 15) is 15.0 Å². The van der Waals surface area contributed by atoms with E-state index in [2.05, 4.69) is 4.98 Å². The smallest absolute Gasteiger partial charge is 0.337 e. The summed E-state index contributed by atoms with van der Waals surface area (Å²) in [5.74, 6) is 0.551. The summed E-state index contributed by atoms with van der Waals surface area (Å²) in [6.45, 7) is 1.97. The summed E-state index contributed by atoms with van der Waals surface area (Å²) in [7, 11) is 0. The van der Waals surface area contributed by atoms with Crippen molar-refractivity contribution in [1.29, 1.82) is 0 Å². The van der Waals surface area contributed by atoms with E-state index in [1.165, 1.54) is 37.4 Å². The van der Waals surface area contributed by atoms with Crippen molar-refractivity contribution in [3.05, 3.63) is 24.0 Å². The van der Waals surface area contributed by atoms with Gasteiger partial charge in [-0.1, -0.05) is 6.92 Å². The van der Waals surface area contributed by atoms with Crippen LogP contribution in [0.2, 0.25) is 0 Å². The molecule has 7 heteroatoms. The van der Waals surface area contributed by atoms with E-state index >= 15 is 0 Å². The van der Waals surface area contributed by atoms with Crippen molar-refractivity contribution in [2.24, 2.45) is 11.1 Å². The van der Waals surface area contributed by atoms with Gasteiger partial charge in [-0.05, 0) is 55.8 Å². The number of nitrogens with zero attached hydrogens (tertiary/aromatic N) is 1. The van der Waals surface area contributed by atoms with Gasteiger partial charge in [0, 0.05) is 30.1 Å². The second-order valence-electron chi connectivity index (χ2n) is 7.97. The third-order valence-corrected chi connectivity index (χ3v) is 6.98. The van der Waals surface area contributed by atoms with Crippen molar-refractivity contribution >= 4 is 17.7 Å². The summed E-state index contributed by atoms with van der Waals surface area (Å²) in [4.78, 5) is 15.9. The van der Waals surface area contributed by atoms with Crippen molar-refractivity contribution in [1.82, 2.24) is 4.98 Å². The Kier molecular flexibility index (Phi) is 6.33. The molecule has 6 nitrogen and oxygen atoms in total. The molecule has 2 unspecified atom stereocenters. The van der Waals surface area contributed by atoms with E-state index in [-0.39, 0.29) is 12.5 Å². The third-order valence-electron chi connectivity index (χ3n) is 5.98. The third kappa shape index (κ3) is 4.95. The second kappa shape index (κ2) is 8.37.